The number of alkyl carbamates (subject to hydrolysis) is 1. The molecule has 1 aromatic carbocycles. The average molecular weight is 504 g/mol. The molecule has 8 heteroatoms. The fourth-order valence-corrected chi connectivity index (χ4v) is 5.07. The molecule has 35 heavy (non-hydrogen) atoms. The van der Waals surface area contributed by atoms with Crippen molar-refractivity contribution in [1.29, 1.82) is 0 Å². The summed E-state index contributed by atoms with van der Waals surface area (Å²) in [6, 6.07) is 4.44. The Labute approximate surface area is 215 Å². The van der Waals surface area contributed by atoms with E-state index in [2.05, 4.69) is 29.3 Å². The van der Waals surface area contributed by atoms with E-state index in [1.807, 2.05) is 26.0 Å². The van der Waals surface area contributed by atoms with Crippen molar-refractivity contribution >= 4 is 30.5 Å². The van der Waals surface area contributed by atoms with Gasteiger partial charge in [0.2, 0.25) is 11.8 Å². The Balaban J connectivity index is 1.92. The molecule has 194 valence electrons. The van der Waals surface area contributed by atoms with Gasteiger partial charge in [-0.25, -0.2) is 4.79 Å². The topological polar surface area (TPSA) is 87.7 Å². The van der Waals surface area contributed by atoms with Crippen molar-refractivity contribution in [3.63, 3.8) is 0 Å². The molecule has 1 aromatic rings. The highest BCUT2D eigenvalue weighted by molar-refractivity contribution is 7.80. The molecule has 2 aliphatic carbocycles. The minimum atomic E-state index is -0.898. The van der Waals surface area contributed by atoms with Crippen LogP contribution in [0.1, 0.15) is 88.4 Å². The van der Waals surface area contributed by atoms with Crippen LogP contribution in [-0.4, -0.2) is 52.3 Å². The summed E-state index contributed by atoms with van der Waals surface area (Å²) in [5, 5.41) is 5.91. The monoisotopic (exact) mass is 503 g/mol. The predicted octanol–water partition coefficient (Wildman–Crippen LogP) is 4.61. The van der Waals surface area contributed by atoms with Gasteiger partial charge in [0.05, 0.1) is 0 Å². The molecule has 2 saturated carbocycles. The van der Waals surface area contributed by atoms with E-state index in [0.29, 0.717) is 0 Å². The molecule has 2 atom stereocenters. The van der Waals surface area contributed by atoms with Crippen LogP contribution in [0.3, 0.4) is 0 Å². The van der Waals surface area contributed by atoms with Crippen LogP contribution in [0.15, 0.2) is 18.2 Å². The molecule has 0 saturated heterocycles. The second kappa shape index (κ2) is 11.7. The molecular formula is C27H41N3O4S. The van der Waals surface area contributed by atoms with Gasteiger partial charge in [0.25, 0.3) is 0 Å². The van der Waals surface area contributed by atoms with Crippen LogP contribution < -0.4 is 10.6 Å². The van der Waals surface area contributed by atoms with E-state index >= 15 is 0 Å². The summed E-state index contributed by atoms with van der Waals surface area (Å²) in [4.78, 5) is 41.8. The molecule has 0 aliphatic heterocycles. The number of amides is 3. The lowest BCUT2D eigenvalue weighted by Gasteiger charge is -2.36. The van der Waals surface area contributed by atoms with Gasteiger partial charge < -0.3 is 20.3 Å². The second-order valence-corrected chi connectivity index (χ2v) is 11.4. The SMILES string of the molecule is Cc1cc(C)cc(C(C(=O)NC2CCCCC2)N(C(=O)C(CS)NC(=O)OC(C)(C)C)C2CC2)c1. The first-order chi connectivity index (χ1) is 16.5. The summed E-state index contributed by atoms with van der Waals surface area (Å²) in [6.45, 7) is 9.30. The van der Waals surface area contributed by atoms with Crippen molar-refractivity contribution < 1.29 is 19.1 Å². The van der Waals surface area contributed by atoms with Crippen molar-refractivity contribution in [3.8, 4) is 0 Å². The number of aryl methyl sites for hydroxylation is 2. The zero-order valence-corrected chi connectivity index (χ0v) is 22.6. The number of thiol groups is 1. The van der Waals surface area contributed by atoms with E-state index in [1.54, 1.807) is 25.7 Å². The Morgan fingerprint density at radius 1 is 1.03 bits per heavy atom. The molecule has 2 fully saturated rings. The summed E-state index contributed by atoms with van der Waals surface area (Å²) in [5.74, 6) is -0.362. The minimum absolute atomic E-state index is 0.0479. The van der Waals surface area contributed by atoms with E-state index in [0.717, 1.165) is 55.2 Å². The Kier molecular flexibility index (Phi) is 9.13. The van der Waals surface area contributed by atoms with E-state index < -0.39 is 23.8 Å². The number of hydrogen-bond donors (Lipinski definition) is 3. The van der Waals surface area contributed by atoms with Crippen molar-refractivity contribution in [2.45, 2.75) is 109 Å². The van der Waals surface area contributed by atoms with Crippen molar-refractivity contribution in [2.24, 2.45) is 0 Å². The van der Waals surface area contributed by atoms with Crippen molar-refractivity contribution in [2.75, 3.05) is 5.75 Å². The van der Waals surface area contributed by atoms with E-state index in [1.165, 1.54) is 6.42 Å². The van der Waals surface area contributed by atoms with Crippen LogP contribution in [0.4, 0.5) is 4.79 Å². The fraction of sp³-hybridized carbons (Fsp3) is 0.667. The van der Waals surface area contributed by atoms with Gasteiger partial charge >= 0.3 is 6.09 Å². The molecule has 0 bridgehead atoms. The van der Waals surface area contributed by atoms with Crippen LogP contribution >= 0.6 is 12.6 Å². The van der Waals surface area contributed by atoms with Gasteiger partial charge in [-0.1, -0.05) is 48.6 Å². The number of rotatable bonds is 8. The molecule has 0 aromatic heterocycles. The van der Waals surface area contributed by atoms with Crippen LogP contribution in [0.5, 0.6) is 0 Å². The molecular weight excluding hydrogens is 462 g/mol. The summed E-state index contributed by atoms with van der Waals surface area (Å²) < 4.78 is 5.37. The summed E-state index contributed by atoms with van der Waals surface area (Å²) in [5.41, 5.74) is 2.19. The zero-order valence-electron chi connectivity index (χ0n) is 21.7. The van der Waals surface area contributed by atoms with E-state index in [4.69, 9.17) is 4.74 Å². The molecule has 7 nitrogen and oxygen atoms in total. The first kappa shape index (κ1) is 27.4. The maximum atomic E-state index is 13.9. The van der Waals surface area contributed by atoms with Gasteiger partial charge in [-0.15, -0.1) is 0 Å². The van der Waals surface area contributed by atoms with E-state index in [9.17, 15) is 14.4 Å². The number of carbonyl (C=O) groups excluding carboxylic acids is 3. The molecule has 2 unspecified atom stereocenters. The summed E-state index contributed by atoms with van der Waals surface area (Å²) in [7, 11) is 0. The quantitative estimate of drug-likeness (QED) is 0.452. The maximum absolute atomic E-state index is 13.9. The fourth-order valence-electron chi connectivity index (χ4n) is 4.82. The smallest absolute Gasteiger partial charge is 0.408 e. The van der Waals surface area contributed by atoms with Crippen molar-refractivity contribution in [3.05, 3.63) is 34.9 Å². The zero-order chi connectivity index (χ0) is 25.8. The molecule has 3 amide bonds. The van der Waals surface area contributed by atoms with Crippen LogP contribution in [0, 0.1) is 13.8 Å². The third kappa shape index (κ3) is 7.89. The number of nitrogens with zero attached hydrogens (tertiary/aromatic N) is 1. The highest BCUT2D eigenvalue weighted by Crippen LogP contribution is 2.36. The number of hydrogen-bond acceptors (Lipinski definition) is 5. The lowest BCUT2D eigenvalue weighted by molar-refractivity contribution is -0.143. The van der Waals surface area contributed by atoms with Crippen LogP contribution in [0.25, 0.3) is 0 Å². The summed E-state index contributed by atoms with van der Waals surface area (Å²) in [6.07, 6.45) is 6.31. The summed E-state index contributed by atoms with van der Waals surface area (Å²) >= 11 is 4.35. The highest BCUT2D eigenvalue weighted by atomic mass is 32.1. The molecule has 0 heterocycles. The Morgan fingerprint density at radius 3 is 2.14 bits per heavy atom. The molecule has 0 radical (unpaired) electrons. The molecule has 0 spiro atoms. The predicted molar refractivity (Wildman–Crippen MR) is 141 cm³/mol. The van der Waals surface area contributed by atoms with Gasteiger partial charge in [-0.05, 0) is 65.9 Å². The second-order valence-electron chi connectivity index (χ2n) is 11.0. The molecule has 2 N–H and O–H groups in total. The maximum Gasteiger partial charge on any atom is 0.408 e. The lowest BCUT2D eigenvalue weighted by atomic mass is 9.94. The van der Waals surface area contributed by atoms with Gasteiger partial charge in [-0.3, -0.25) is 9.59 Å². The lowest BCUT2D eigenvalue weighted by Crippen LogP contribution is -2.55. The first-order valence-electron chi connectivity index (χ1n) is 12.8. The standard InChI is InChI=1S/C27H41N3O4S/c1-17-13-18(2)15-19(14-17)23(24(31)28-20-9-7-6-8-10-20)30(21-11-12-21)25(32)22(16-35)29-26(33)34-27(3,4)5/h13-15,20-23,35H,6-12,16H2,1-5H3,(H,28,31)(H,29,33). The first-order valence-corrected chi connectivity index (χ1v) is 13.4. The average Bonchev–Trinajstić information content (AvgIpc) is 3.59. The van der Waals surface area contributed by atoms with Crippen molar-refractivity contribution in [1.82, 2.24) is 15.5 Å². The third-order valence-electron chi connectivity index (χ3n) is 6.40. The Hall–Kier alpha value is -2.22. The highest BCUT2D eigenvalue weighted by Gasteiger charge is 2.44. The Morgan fingerprint density at radius 2 is 1.63 bits per heavy atom. The minimum Gasteiger partial charge on any atom is -0.444 e. The largest absolute Gasteiger partial charge is 0.444 e. The molecule has 2 aliphatic rings. The van der Waals surface area contributed by atoms with Crippen LogP contribution in [-0.2, 0) is 14.3 Å². The van der Waals surface area contributed by atoms with Crippen LogP contribution in [0.2, 0.25) is 0 Å². The van der Waals surface area contributed by atoms with E-state index in [-0.39, 0.29) is 29.7 Å². The molecule has 3 rings (SSSR count). The van der Waals surface area contributed by atoms with Gasteiger partial charge in [0, 0.05) is 17.8 Å². The number of benzene rings is 1. The Bertz CT molecular complexity index is 899. The van der Waals surface area contributed by atoms with Gasteiger partial charge in [0.1, 0.15) is 17.7 Å². The number of ether oxygens (including phenoxy) is 1. The normalized spacial score (nSPS) is 18.3. The number of carbonyl (C=O) groups is 3. The third-order valence-corrected chi connectivity index (χ3v) is 6.77. The number of nitrogens with one attached hydrogen (secondary N) is 2. The van der Waals surface area contributed by atoms with Gasteiger partial charge in [0.15, 0.2) is 0 Å². The van der Waals surface area contributed by atoms with Gasteiger partial charge in [-0.2, -0.15) is 12.6 Å².